The number of nitrogens with one attached hydrogen (secondary N) is 1. The number of fused-ring (bicyclic) bond motifs is 1. The lowest BCUT2D eigenvalue weighted by Crippen LogP contribution is -2.16. The van der Waals surface area contributed by atoms with Crippen LogP contribution in [0.1, 0.15) is 17.4 Å². The van der Waals surface area contributed by atoms with E-state index in [-0.39, 0.29) is 6.04 Å². The van der Waals surface area contributed by atoms with Crippen LogP contribution in [0.15, 0.2) is 53.2 Å². The van der Waals surface area contributed by atoms with E-state index in [2.05, 4.69) is 10.3 Å². The smallest absolute Gasteiger partial charge is 0.152 e. The molecule has 2 aromatic heterocycles. The van der Waals surface area contributed by atoms with Gasteiger partial charge in [-0.15, -0.1) is 0 Å². The summed E-state index contributed by atoms with van der Waals surface area (Å²) in [5.74, 6) is 0.844. The van der Waals surface area contributed by atoms with Crippen molar-refractivity contribution in [3.8, 4) is 0 Å². The summed E-state index contributed by atoms with van der Waals surface area (Å²) in [7, 11) is 1.90. The highest BCUT2D eigenvalue weighted by atomic mass is 35.5. The monoisotopic (exact) mass is 272 g/mol. The molecule has 2 heterocycles. The average molecular weight is 273 g/mol. The van der Waals surface area contributed by atoms with Crippen molar-refractivity contribution >= 4 is 22.6 Å². The van der Waals surface area contributed by atoms with Gasteiger partial charge in [-0.05, 0) is 36.9 Å². The maximum atomic E-state index is 6.14. The zero-order valence-electron chi connectivity index (χ0n) is 10.4. The summed E-state index contributed by atoms with van der Waals surface area (Å²) in [6.07, 6.45) is 3.55. The molecule has 0 radical (unpaired) electrons. The van der Waals surface area contributed by atoms with E-state index in [0.29, 0.717) is 5.02 Å². The van der Waals surface area contributed by atoms with Crippen LogP contribution in [-0.4, -0.2) is 12.0 Å². The van der Waals surface area contributed by atoms with Crippen LogP contribution < -0.4 is 5.32 Å². The van der Waals surface area contributed by atoms with Crippen LogP contribution in [0.25, 0.3) is 11.0 Å². The minimum absolute atomic E-state index is 0.00790. The number of hydrogen-bond acceptors (Lipinski definition) is 3. The van der Waals surface area contributed by atoms with E-state index < -0.39 is 0 Å². The van der Waals surface area contributed by atoms with Gasteiger partial charge in [-0.2, -0.15) is 0 Å². The summed E-state index contributed by atoms with van der Waals surface area (Å²) in [5.41, 5.74) is 1.83. The number of furan rings is 1. The highest BCUT2D eigenvalue weighted by Crippen LogP contribution is 2.31. The predicted molar refractivity (Wildman–Crippen MR) is 76.4 cm³/mol. The van der Waals surface area contributed by atoms with Gasteiger partial charge in [-0.1, -0.05) is 23.7 Å². The number of benzene rings is 1. The molecular weight excluding hydrogens is 260 g/mol. The first-order chi connectivity index (χ1) is 9.29. The molecule has 0 aliphatic heterocycles. The molecule has 1 aromatic carbocycles. The number of rotatable bonds is 3. The third-order valence-corrected chi connectivity index (χ3v) is 3.43. The Labute approximate surface area is 116 Å². The molecule has 0 amide bonds. The van der Waals surface area contributed by atoms with Gasteiger partial charge in [0.15, 0.2) is 5.58 Å². The highest BCUT2D eigenvalue weighted by molar-refractivity contribution is 6.34. The van der Waals surface area contributed by atoms with Gasteiger partial charge in [0.05, 0.1) is 11.1 Å². The van der Waals surface area contributed by atoms with Crippen LogP contribution in [0.2, 0.25) is 5.02 Å². The first kappa shape index (κ1) is 12.2. The molecule has 3 nitrogen and oxygen atoms in total. The Hall–Kier alpha value is -1.84. The molecule has 0 saturated carbocycles. The molecule has 1 atom stereocenters. The number of pyridine rings is 1. The van der Waals surface area contributed by atoms with Crippen molar-refractivity contribution < 1.29 is 4.42 Å². The molecule has 96 valence electrons. The second-order valence-electron chi connectivity index (χ2n) is 4.31. The van der Waals surface area contributed by atoms with E-state index in [0.717, 1.165) is 22.3 Å². The summed E-state index contributed by atoms with van der Waals surface area (Å²) in [6.45, 7) is 0. The molecule has 4 heteroatoms. The molecule has 0 bridgehead atoms. The number of aromatic nitrogens is 1. The minimum Gasteiger partial charge on any atom is -0.457 e. The van der Waals surface area contributed by atoms with E-state index in [1.807, 2.05) is 43.4 Å². The van der Waals surface area contributed by atoms with Crippen LogP contribution in [0.3, 0.4) is 0 Å². The topological polar surface area (TPSA) is 38.1 Å². The van der Waals surface area contributed by atoms with E-state index >= 15 is 0 Å². The number of para-hydroxylation sites is 1. The average Bonchev–Trinajstić information content (AvgIpc) is 2.86. The van der Waals surface area contributed by atoms with Gasteiger partial charge in [-0.3, -0.25) is 4.98 Å². The summed E-state index contributed by atoms with van der Waals surface area (Å²) in [6, 6.07) is 11.7. The standard InChI is InChI=1S/C15H13ClN2O/c1-17-14(10-5-7-18-8-6-10)13-9-11-3-2-4-12(16)15(11)19-13/h2-9,14,17H,1H3. The van der Waals surface area contributed by atoms with Crippen molar-refractivity contribution in [3.63, 3.8) is 0 Å². The van der Waals surface area contributed by atoms with Crippen LogP contribution >= 0.6 is 11.6 Å². The SMILES string of the molecule is CNC(c1ccncc1)c1cc2cccc(Cl)c2o1. The Morgan fingerprint density at radius 2 is 2.00 bits per heavy atom. The van der Waals surface area contributed by atoms with E-state index in [1.54, 1.807) is 12.4 Å². The second-order valence-corrected chi connectivity index (χ2v) is 4.72. The molecule has 0 aliphatic carbocycles. The first-order valence-electron chi connectivity index (χ1n) is 6.05. The van der Waals surface area contributed by atoms with Crippen LogP contribution in [0.4, 0.5) is 0 Å². The highest BCUT2D eigenvalue weighted by Gasteiger charge is 2.17. The summed E-state index contributed by atoms with van der Waals surface area (Å²) < 4.78 is 5.89. The van der Waals surface area contributed by atoms with Gasteiger partial charge < -0.3 is 9.73 Å². The third kappa shape index (κ3) is 2.23. The first-order valence-corrected chi connectivity index (χ1v) is 6.42. The fourth-order valence-corrected chi connectivity index (χ4v) is 2.44. The van der Waals surface area contributed by atoms with Crippen molar-refractivity contribution in [2.75, 3.05) is 7.05 Å². The Kier molecular flexibility index (Phi) is 3.23. The fourth-order valence-electron chi connectivity index (χ4n) is 2.22. The predicted octanol–water partition coefficient (Wildman–Crippen LogP) is 3.79. The lowest BCUT2D eigenvalue weighted by atomic mass is 10.1. The van der Waals surface area contributed by atoms with Crippen molar-refractivity contribution in [1.29, 1.82) is 0 Å². The third-order valence-electron chi connectivity index (χ3n) is 3.13. The van der Waals surface area contributed by atoms with Crippen molar-refractivity contribution in [2.45, 2.75) is 6.04 Å². The maximum Gasteiger partial charge on any atom is 0.152 e. The van der Waals surface area contributed by atoms with Gasteiger partial charge in [-0.25, -0.2) is 0 Å². The van der Waals surface area contributed by atoms with Gasteiger partial charge in [0.25, 0.3) is 0 Å². The van der Waals surface area contributed by atoms with Crippen molar-refractivity contribution in [3.05, 3.63) is 65.1 Å². The van der Waals surface area contributed by atoms with Crippen molar-refractivity contribution in [1.82, 2.24) is 10.3 Å². The molecule has 0 saturated heterocycles. The molecule has 1 N–H and O–H groups in total. The molecular formula is C15H13ClN2O. The maximum absolute atomic E-state index is 6.14. The Morgan fingerprint density at radius 1 is 1.21 bits per heavy atom. The van der Waals surface area contributed by atoms with Gasteiger partial charge in [0.2, 0.25) is 0 Å². The lowest BCUT2D eigenvalue weighted by Gasteiger charge is -2.13. The zero-order valence-corrected chi connectivity index (χ0v) is 11.2. The van der Waals surface area contributed by atoms with E-state index in [4.69, 9.17) is 16.0 Å². The molecule has 3 aromatic rings. The minimum atomic E-state index is -0.00790. The van der Waals surface area contributed by atoms with Crippen LogP contribution in [0, 0.1) is 0 Å². The molecule has 3 rings (SSSR count). The number of nitrogens with zero attached hydrogens (tertiary/aromatic N) is 1. The van der Waals surface area contributed by atoms with Crippen LogP contribution in [-0.2, 0) is 0 Å². The lowest BCUT2D eigenvalue weighted by molar-refractivity contribution is 0.491. The largest absolute Gasteiger partial charge is 0.457 e. The molecule has 0 spiro atoms. The summed E-state index contributed by atoms with van der Waals surface area (Å²) in [4.78, 5) is 4.03. The Morgan fingerprint density at radius 3 is 2.68 bits per heavy atom. The number of halogens is 1. The summed E-state index contributed by atoms with van der Waals surface area (Å²) >= 11 is 6.14. The fraction of sp³-hybridized carbons (Fsp3) is 0.133. The zero-order chi connectivity index (χ0) is 13.2. The van der Waals surface area contributed by atoms with Gasteiger partial charge in [0.1, 0.15) is 5.76 Å². The summed E-state index contributed by atoms with van der Waals surface area (Å²) in [5, 5.41) is 4.89. The quantitative estimate of drug-likeness (QED) is 0.788. The van der Waals surface area contributed by atoms with Gasteiger partial charge in [0, 0.05) is 17.8 Å². The molecule has 0 fully saturated rings. The molecule has 1 unspecified atom stereocenters. The molecule has 0 aliphatic rings. The van der Waals surface area contributed by atoms with E-state index in [9.17, 15) is 0 Å². The number of hydrogen-bond donors (Lipinski definition) is 1. The van der Waals surface area contributed by atoms with Gasteiger partial charge >= 0.3 is 0 Å². The molecule has 19 heavy (non-hydrogen) atoms. The Bertz CT molecular complexity index is 694. The van der Waals surface area contributed by atoms with Crippen LogP contribution in [0.5, 0.6) is 0 Å². The van der Waals surface area contributed by atoms with Crippen molar-refractivity contribution in [2.24, 2.45) is 0 Å². The van der Waals surface area contributed by atoms with E-state index in [1.165, 1.54) is 0 Å². The normalized spacial score (nSPS) is 12.7. The second kappa shape index (κ2) is 5.03. The Balaban J connectivity index is 2.09.